The number of benzene rings is 1. The Hall–Kier alpha value is -1.92. The van der Waals surface area contributed by atoms with Crippen LogP contribution in [0.15, 0.2) is 24.3 Å². The van der Waals surface area contributed by atoms with Crippen LogP contribution in [0, 0.1) is 0 Å². The van der Waals surface area contributed by atoms with E-state index in [1.807, 2.05) is 18.7 Å². The van der Waals surface area contributed by atoms with Crippen molar-refractivity contribution in [3.63, 3.8) is 0 Å². The van der Waals surface area contributed by atoms with Crippen molar-refractivity contribution in [2.45, 2.75) is 57.4 Å². The molecule has 1 aliphatic heterocycles. The predicted molar refractivity (Wildman–Crippen MR) is 90.6 cm³/mol. The lowest BCUT2D eigenvalue weighted by Crippen LogP contribution is -2.49. The molecule has 1 heterocycles. The van der Waals surface area contributed by atoms with E-state index >= 15 is 0 Å². The van der Waals surface area contributed by atoms with E-state index in [4.69, 9.17) is 0 Å². The molecule has 1 aliphatic carbocycles. The lowest BCUT2D eigenvalue weighted by molar-refractivity contribution is -0.137. The minimum absolute atomic E-state index is 0.103. The fraction of sp³-hybridized carbons (Fsp3) is 0.611. The number of amides is 2. The number of nitrogens with zero attached hydrogens (tertiary/aromatic N) is 2. The molecule has 138 valence electrons. The minimum atomic E-state index is -4.38. The van der Waals surface area contributed by atoms with E-state index in [0.717, 1.165) is 18.9 Å². The molecule has 4 nitrogen and oxygen atoms in total. The first-order valence-electron chi connectivity index (χ1n) is 8.77. The first-order valence-corrected chi connectivity index (χ1v) is 8.77. The Morgan fingerprint density at radius 2 is 1.92 bits per heavy atom. The summed E-state index contributed by atoms with van der Waals surface area (Å²) in [7, 11) is 0. The van der Waals surface area contributed by atoms with Crippen LogP contribution >= 0.6 is 0 Å². The number of nitrogens with one attached hydrogen (secondary N) is 1. The second kappa shape index (κ2) is 6.77. The Bertz CT molecular complexity index is 626. The van der Waals surface area contributed by atoms with Crippen LogP contribution < -0.4 is 10.2 Å². The summed E-state index contributed by atoms with van der Waals surface area (Å²) < 4.78 is 39.6. The lowest BCUT2D eigenvalue weighted by Gasteiger charge is -2.29. The average Bonchev–Trinajstić information content (AvgIpc) is 3.24. The Kier molecular flexibility index (Phi) is 4.84. The summed E-state index contributed by atoms with van der Waals surface area (Å²) in [6.07, 6.45) is -1.67. The van der Waals surface area contributed by atoms with Gasteiger partial charge in [0, 0.05) is 36.9 Å². The molecule has 1 N–H and O–H groups in total. The van der Waals surface area contributed by atoms with Crippen LogP contribution in [-0.2, 0) is 6.18 Å². The zero-order chi connectivity index (χ0) is 18.2. The third-order valence-corrected chi connectivity index (χ3v) is 4.80. The number of anilines is 1. The SMILES string of the molecule is CC(C)N(C(=O)NC1CCN(c2ccccc2C(F)(F)F)C1)C1CC1. The van der Waals surface area contributed by atoms with Gasteiger partial charge in [0.1, 0.15) is 0 Å². The first kappa shape index (κ1) is 17.9. The number of urea groups is 1. The number of hydrogen-bond acceptors (Lipinski definition) is 2. The smallest absolute Gasteiger partial charge is 0.369 e. The molecule has 1 atom stereocenters. The Labute approximate surface area is 146 Å². The second-order valence-corrected chi connectivity index (χ2v) is 7.13. The van der Waals surface area contributed by atoms with Gasteiger partial charge in [0.05, 0.1) is 5.56 Å². The van der Waals surface area contributed by atoms with E-state index in [0.29, 0.717) is 25.6 Å². The lowest BCUT2D eigenvalue weighted by atomic mass is 10.1. The van der Waals surface area contributed by atoms with Gasteiger partial charge in [0.15, 0.2) is 0 Å². The highest BCUT2D eigenvalue weighted by Gasteiger charge is 2.38. The van der Waals surface area contributed by atoms with Crippen LogP contribution in [0.25, 0.3) is 0 Å². The maximum absolute atomic E-state index is 13.2. The Morgan fingerprint density at radius 1 is 1.24 bits per heavy atom. The molecule has 3 rings (SSSR count). The fourth-order valence-corrected chi connectivity index (χ4v) is 3.51. The molecular weight excluding hydrogens is 331 g/mol. The number of carbonyl (C=O) groups is 1. The van der Waals surface area contributed by atoms with Crippen LogP contribution in [0.1, 0.15) is 38.7 Å². The standard InChI is InChI=1S/C18H24F3N3O/c1-12(2)24(14-7-8-14)17(25)22-13-9-10-23(11-13)16-6-4-3-5-15(16)18(19,20)21/h3-6,12-14H,7-11H2,1-2H3,(H,22,25). The third kappa shape index (κ3) is 4.02. The minimum Gasteiger partial charge on any atom is -0.369 e. The molecule has 25 heavy (non-hydrogen) atoms. The summed E-state index contributed by atoms with van der Waals surface area (Å²) in [6.45, 7) is 4.87. The van der Waals surface area contributed by atoms with Crippen molar-refractivity contribution in [2.75, 3.05) is 18.0 Å². The summed E-state index contributed by atoms with van der Waals surface area (Å²) in [5, 5.41) is 3.00. The molecule has 0 bridgehead atoms. The number of carbonyl (C=O) groups excluding carboxylic acids is 1. The molecule has 1 aromatic rings. The number of rotatable bonds is 4. The van der Waals surface area contributed by atoms with Crippen molar-refractivity contribution in [3.05, 3.63) is 29.8 Å². The van der Waals surface area contributed by atoms with Crippen LogP contribution in [-0.4, -0.2) is 42.1 Å². The van der Waals surface area contributed by atoms with Crippen LogP contribution in [0.4, 0.5) is 23.7 Å². The molecule has 1 saturated heterocycles. The van der Waals surface area contributed by atoms with Gasteiger partial charge in [-0.2, -0.15) is 13.2 Å². The van der Waals surface area contributed by atoms with Crippen molar-refractivity contribution >= 4 is 11.7 Å². The van der Waals surface area contributed by atoms with Gasteiger partial charge in [0.2, 0.25) is 0 Å². The van der Waals surface area contributed by atoms with E-state index in [2.05, 4.69) is 5.32 Å². The van der Waals surface area contributed by atoms with E-state index < -0.39 is 11.7 Å². The zero-order valence-electron chi connectivity index (χ0n) is 14.5. The van der Waals surface area contributed by atoms with Gasteiger partial charge in [0.25, 0.3) is 0 Å². The average molecular weight is 355 g/mol. The summed E-state index contributed by atoms with van der Waals surface area (Å²) in [5.74, 6) is 0. The van der Waals surface area contributed by atoms with Crippen LogP contribution in [0.3, 0.4) is 0 Å². The van der Waals surface area contributed by atoms with Crippen molar-refractivity contribution in [1.82, 2.24) is 10.2 Å². The topological polar surface area (TPSA) is 35.6 Å². The van der Waals surface area contributed by atoms with Crippen molar-refractivity contribution < 1.29 is 18.0 Å². The van der Waals surface area contributed by atoms with Crippen LogP contribution in [0.2, 0.25) is 0 Å². The summed E-state index contributed by atoms with van der Waals surface area (Å²) >= 11 is 0. The van der Waals surface area contributed by atoms with Crippen molar-refractivity contribution in [3.8, 4) is 0 Å². The first-order chi connectivity index (χ1) is 11.8. The van der Waals surface area contributed by atoms with Gasteiger partial charge >= 0.3 is 12.2 Å². The highest BCUT2D eigenvalue weighted by Crippen LogP contribution is 2.37. The number of halogens is 3. The summed E-state index contributed by atoms with van der Waals surface area (Å²) in [6, 6.07) is 5.82. The molecule has 0 aromatic heterocycles. The van der Waals surface area contributed by atoms with Crippen molar-refractivity contribution in [2.24, 2.45) is 0 Å². The maximum Gasteiger partial charge on any atom is 0.418 e. The highest BCUT2D eigenvalue weighted by molar-refractivity contribution is 5.76. The fourth-order valence-electron chi connectivity index (χ4n) is 3.51. The van der Waals surface area contributed by atoms with Gasteiger partial charge in [-0.25, -0.2) is 4.79 Å². The molecule has 7 heteroatoms. The maximum atomic E-state index is 13.2. The molecule has 2 fully saturated rings. The van der Waals surface area contributed by atoms with E-state index in [9.17, 15) is 18.0 Å². The zero-order valence-corrected chi connectivity index (χ0v) is 14.5. The Morgan fingerprint density at radius 3 is 2.52 bits per heavy atom. The quantitative estimate of drug-likeness (QED) is 0.890. The summed E-state index contributed by atoms with van der Waals surface area (Å²) in [4.78, 5) is 16.1. The molecule has 0 radical (unpaired) electrons. The molecule has 2 amide bonds. The van der Waals surface area contributed by atoms with E-state index in [-0.39, 0.29) is 23.8 Å². The van der Waals surface area contributed by atoms with Gasteiger partial charge in [-0.3, -0.25) is 0 Å². The normalized spacial score (nSPS) is 20.9. The van der Waals surface area contributed by atoms with E-state index in [1.165, 1.54) is 12.1 Å². The van der Waals surface area contributed by atoms with Gasteiger partial charge in [-0.1, -0.05) is 12.1 Å². The molecule has 2 aliphatic rings. The van der Waals surface area contributed by atoms with Crippen LogP contribution in [0.5, 0.6) is 0 Å². The highest BCUT2D eigenvalue weighted by atomic mass is 19.4. The molecule has 1 unspecified atom stereocenters. The second-order valence-electron chi connectivity index (χ2n) is 7.13. The van der Waals surface area contributed by atoms with Gasteiger partial charge in [-0.15, -0.1) is 0 Å². The number of alkyl halides is 3. The van der Waals surface area contributed by atoms with Crippen molar-refractivity contribution in [1.29, 1.82) is 0 Å². The third-order valence-electron chi connectivity index (χ3n) is 4.80. The molecule has 0 spiro atoms. The van der Waals surface area contributed by atoms with E-state index in [1.54, 1.807) is 11.0 Å². The van der Waals surface area contributed by atoms with Gasteiger partial charge < -0.3 is 15.1 Å². The monoisotopic (exact) mass is 355 g/mol. The molecule has 1 saturated carbocycles. The Balaban J connectivity index is 1.65. The van der Waals surface area contributed by atoms with Gasteiger partial charge in [-0.05, 0) is 45.2 Å². The molecular formula is C18H24F3N3O. The molecule has 1 aromatic carbocycles. The summed E-state index contributed by atoms with van der Waals surface area (Å²) in [5.41, 5.74) is -0.432. The predicted octanol–water partition coefficient (Wildman–Crippen LogP) is 3.87. The number of hydrogen-bond donors (Lipinski definition) is 1. The number of para-hydroxylation sites is 1. The largest absolute Gasteiger partial charge is 0.418 e.